The number of carbonyl (C=O) groups is 1. The number of unbranched alkanes of at least 4 members (excludes halogenated alkanes) is 3. The Kier molecular flexibility index (Phi) is 13.1. The third-order valence-electron chi connectivity index (χ3n) is 5.58. The summed E-state index contributed by atoms with van der Waals surface area (Å²) in [7, 11) is 0. The first-order valence-electron chi connectivity index (χ1n) is 10.9. The van der Waals surface area contributed by atoms with Gasteiger partial charge in [-0.2, -0.15) is 0 Å². The van der Waals surface area contributed by atoms with Gasteiger partial charge in [0.1, 0.15) is 0 Å². The Labute approximate surface area is 171 Å². The Morgan fingerprint density at radius 3 is 1.77 bits per heavy atom. The van der Waals surface area contributed by atoms with Gasteiger partial charge < -0.3 is 0 Å². The molecule has 148 valence electrons. The molecule has 1 nitrogen and oxygen atoms in total. The molecule has 0 aliphatic heterocycles. The van der Waals surface area contributed by atoms with E-state index in [1.165, 1.54) is 64.7 Å². The van der Waals surface area contributed by atoms with Gasteiger partial charge in [0.05, 0.1) is 0 Å². The fraction of sp³-hybridized carbons (Fsp3) is 0.696. The Balaban J connectivity index is 3.07. The van der Waals surface area contributed by atoms with Crippen molar-refractivity contribution in [3.8, 4) is 0 Å². The molecule has 0 aliphatic rings. The molecule has 26 heavy (non-hydrogen) atoms. The molecule has 0 N–H and O–H groups in total. The normalized spacial score (nSPS) is 12.9. The molecule has 0 heterocycles. The minimum atomic E-state index is -2.38. The van der Waals surface area contributed by atoms with Gasteiger partial charge in [-0.3, -0.25) is 0 Å². The van der Waals surface area contributed by atoms with Crippen LogP contribution in [0.15, 0.2) is 30.3 Å². The van der Waals surface area contributed by atoms with Crippen molar-refractivity contribution in [1.29, 1.82) is 0 Å². The Hall–Kier alpha value is 0.0387. The van der Waals surface area contributed by atoms with Crippen LogP contribution in [0.25, 0.3) is 0 Å². The van der Waals surface area contributed by atoms with Crippen LogP contribution in [0.5, 0.6) is 0 Å². The average molecular weight is 483 g/mol. The van der Waals surface area contributed by atoms with Crippen molar-refractivity contribution in [3.05, 3.63) is 35.9 Å². The van der Waals surface area contributed by atoms with Crippen molar-refractivity contribution in [1.82, 2.24) is 0 Å². The number of thioether (sulfide) groups is 1. The van der Waals surface area contributed by atoms with Crippen LogP contribution in [0.4, 0.5) is 0 Å². The fourth-order valence-corrected chi connectivity index (χ4v) is 27.1. The van der Waals surface area contributed by atoms with Crippen molar-refractivity contribution in [2.75, 3.05) is 0 Å². The molecule has 0 aliphatic carbocycles. The fourth-order valence-electron chi connectivity index (χ4n) is 3.97. The number of carbonyl (C=O) groups excluding carboxylic acids is 1. The summed E-state index contributed by atoms with van der Waals surface area (Å²) in [6, 6.07) is 9.95. The van der Waals surface area contributed by atoms with Gasteiger partial charge in [0.25, 0.3) is 0 Å². The quantitative estimate of drug-likeness (QED) is 0.249. The van der Waals surface area contributed by atoms with E-state index in [0.29, 0.717) is 8.38 Å². The van der Waals surface area contributed by atoms with Gasteiger partial charge in [-0.15, -0.1) is 0 Å². The van der Waals surface area contributed by atoms with E-state index in [2.05, 4.69) is 27.7 Å². The first-order valence-corrected chi connectivity index (χ1v) is 19.5. The Morgan fingerprint density at radius 2 is 1.35 bits per heavy atom. The van der Waals surface area contributed by atoms with Gasteiger partial charge in [-0.05, 0) is 0 Å². The molecular weight excluding hydrogens is 443 g/mol. The molecule has 0 radical (unpaired) electrons. The minimum absolute atomic E-state index is 0.314. The summed E-state index contributed by atoms with van der Waals surface area (Å²) >= 11 is -0.643. The standard InChI is InChI=1S/C11H13OS.3C4H9.Sn/c1-2-3-9-13-11(12)10-7-5-4-6-8-10;3*1-3-4-2;/h4-9H,2-3H2,1H3;3*1,3-4H2,2H3;. The zero-order chi connectivity index (χ0) is 19.3. The van der Waals surface area contributed by atoms with Gasteiger partial charge in [0.2, 0.25) is 0 Å². The van der Waals surface area contributed by atoms with Gasteiger partial charge >= 0.3 is 172 Å². The molecule has 0 spiro atoms. The van der Waals surface area contributed by atoms with Crippen LogP contribution >= 0.6 is 11.8 Å². The van der Waals surface area contributed by atoms with Crippen molar-refractivity contribution in [2.24, 2.45) is 0 Å². The number of rotatable bonds is 14. The molecule has 1 atom stereocenters. The zero-order valence-electron chi connectivity index (χ0n) is 17.6. The summed E-state index contributed by atoms with van der Waals surface area (Å²) in [5.41, 5.74) is 0.889. The predicted octanol–water partition coefficient (Wildman–Crippen LogP) is 8.12. The van der Waals surface area contributed by atoms with Gasteiger partial charge in [0, 0.05) is 0 Å². The van der Waals surface area contributed by atoms with Gasteiger partial charge in [0.15, 0.2) is 0 Å². The van der Waals surface area contributed by atoms with Crippen molar-refractivity contribution in [2.45, 2.75) is 95.6 Å². The topological polar surface area (TPSA) is 17.1 Å². The number of hydrogen-bond acceptors (Lipinski definition) is 2. The van der Waals surface area contributed by atoms with Crippen molar-refractivity contribution < 1.29 is 4.79 Å². The van der Waals surface area contributed by atoms with E-state index in [1.54, 1.807) is 11.8 Å². The number of benzene rings is 1. The number of hydrogen-bond donors (Lipinski definition) is 0. The predicted molar refractivity (Wildman–Crippen MR) is 122 cm³/mol. The molecule has 1 aromatic rings. The summed E-state index contributed by atoms with van der Waals surface area (Å²) in [6.07, 6.45) is 10.5. The van der Waals surface area contributed by atoms with Crippen LogP contribution in [-0.2, 0) is 0 Å². The summed E-state index contributed by atoms with van der Waals surface area (Å²) in [5.74, 6) is 0. The molecule has 0 amide bonds. The molecular formula is C23H40OSSn. The maximum atomic E-state index is 13.0. The Morgan fingerprint density at radius 1 is 0.846 bits per heavy atom. The second-order valence-electron chi connectivity index (χ2n) is 7.72. The molecule has 1 aromatic carbocycles. The van der Waals surface area contributed by atoms with E-state index < -0.39 is 18.4 Å². The Bertz CT molecular complexity index is 466. The van der Waals surface area contributed by atoms with E-state index in [0.717, 1.165) is 5.56 Å². The van der Waals surface area contributed by atoms with Crippen LogP contribution in [0.2, 0.25) is 13.3 Å². The van der Waals surface area contributed by atoms with E-state index in [9.17, 15) is 4.79 Å². The molecule has 1 rings (SSSR count). The van der Waals surface area contributed by atoms with Crippen LogP contribution < -0.4 is 0 Å². The first kappa shape index (κ1) is 24.1. The van der Waals surface area contributed by atoms with E-state index in [4.69, 9.17) is 0 Å². The summed E-state index contributed by atoms with van der Waals surface area (Å²) in [5, 5.41) is 0.314. The molecule has 0 aromatic heterocycles. The van der Waals surface area contributed by atoms with Crippen LogP contribution in [0, 0.1) is 0 Å². The molecule has 3 heteroatoms. The molecule has 0 bridgehead atoms. The molecule has 0 saturated carbocycles. The van der Waals surface area contributed by atoms with Crippen LogP contribution in [-0.4, -0.2) is 26.8 Å². The maximum absolute atomic E-state index is 13.0. The summed E-state index contributed by atoms with van der Waals surface area (Å²) in [4.78, 5) is 13.0. The average Bonchev–Trinajstić information content (AvgIpc) is 2.68. The summed E-state index contributed by atoms with van der Waals surface area (Å²) < 4.78 is 5.13. The monoisotopic (exact) mass is 484 g/mol. The van der Waals surface area contributed by atoms with Crippen LogP contribution in [0.3, 0.4) is 0 Å². The van der Waals surface area contributed by atoms with Crippen molar-refractivity contribution >= 4 is 35.3 Å². The molecule has 0 fully saturated rings. The third-order valence-corrected chi connectivity index (χ3v) is 27.2. The second-order valence-corrected chi connectivity index (χ2v) is 24.1. The van der Waals surface area contributed by atoms with Gasteiger partial charge in [-0.25, -0.2) is 0 Å². The van der Waals surface area contributed by atoms with Crippen molar-refractivity contribution in [3.63, 3.8) is 0 Å². The molecule has 1 unspecified atom stereocenters. The summed E-state index contributed by atoms with van der Waals surface area (Å²) in [6.45, 7) is 9.28. The van der Waals surface area contributed by atoms with E-state index in [-0.39, 0.29) is 0 Å². The molecule has 0 saturated heterocycles. The first-order chi connectivity index (χ1) is 12.6. The van der Waals surface area contributed by atoms with Gasteiger partial charge in [-0.1, -0.05) is 0 Å². The van der Waals surface area contributed by atoms with E-state index in [1.807, 2.05) is 30.3 Å². The van der Waals surface area contributed by atoms with Crippen LogP contribution in [0.1, 0.15) is 89.4 Å². The zero-order valence-corrected chi connectivity index (χ0v) is 21.2. The second kappa shape index (κ2) is 14.1. The van der Waals surface area contributed by atoms with E-state index >= 15 is 0 Å². The third kappa shape index (κ3) is 7.96. The SMILES string of the molecule is CCC[CH2][Sn]([CH2]CCC)([CH2]CCC)[CH](CCC)SC(=O)c1ccccc1.